The van der Waals surface area contributed by atoms with Gasteiger partial charge in [-0.3, -0.25) is 9.36 Å². The molecule has 0 radical (unpaired) electrons. The molecule has 0 aliphatic carbocycles. The molecule has 0 unspecified atom stereocenters. The molecule has 0 aliphatic heterocycles. The van der Waals surface area contributed by atoms with Crippen molar-refractivity contribution in [1.82, 2.24) is 14.8 Å². The minimum Gasteiger partial charge on any atom is -0.485 e. The van der Waals surface area contributed by atoms with Crippen LogP contribution in [0, 0.1) is 0 Å². The molecular weight excluding hydrogens is 372 g/mol. The van der Waals surface area contributed by atoms with E-state index < -0.39 is 11.2 Å². The number of rotatable bonds is 9. The number of primary amides is 1. The molecule has 3 rings (SSSR count). The van der Waals surface area contributed by atoms with Crippen LogP contribution in [-0.4, -0.2) is 25.9 Å². The topological polar surface area (TPSA) is 83.0 Å². The predicted octanol–water partition coefficient (Wildman–Crippen LogP) is 3.68. The molecule has 0 bridgehead atoms. The third kappa shape index (κ3) is 4.61. The monoisotopic (exact) mass is 394 g/mol. The number of nitrogens with two attached hydrogens (primary N) is 1. The Morgan fingerprint density at radius 1 is 1.21 bits per heavy atom. The summed E-state index contributed by atoms with van der Waals surface area (Å²) < 4.78 is 7.95. The van der Waals surface area contributed by atoms with E-state index >= 15 is 0 Å². The summed E-state index contributed by atoms with van der Waals surface area (Å²) >= 11 is 1.27. The van der Waals surface area contributed by atoms with E-state index in [1.54, 1.807) is 13.0 Å². The summed E-state index contributed by atoms with van der Waals surface area (Å²) in [6.07, 6.45) is 1.75. The number of carbonyl (C=O) groups is 1. The number of benzene rings is 2. The number of amides is 1. The van der Waals surface area contributed by atoms with Crippen LogP contribution in [0.1, 0.15) is 12.7 Å². The van der Waals surface area contributed by atoms with Crippen molar-refractivity contribution in [3.63, 3.8) is 0 Å². The third-order valence-electron chi connectivity index (χ3n) is 4.12. The van der Waals surface area contributed by atoms with Crippen LogP contribution in [0.15, 0.2) is 72.4 Å². The zero-order chi connectivity index (χ0) is 19.9. The average molecular weight is 395 g/mol. The van der Waals surface area contributed by atoms with Gasteiger partial charge in [-0.2, -0.15) is 0 Å². The van der Waals surface area contributed by atoms with E-state index in [0.717, 1.165) is 16.9 Å². The number of hydrogen-bond acceptors (Lipinski definition) is 5. The Morgan fingerprint density at radius 2 is 1.93 bits per heavy atom. The standard InChI is InChI=1S/C21H22N4O2S/c1-3-13-25-19(23-24-21(25)28-15(2)20(22)26)14-27-18-12-8-7-11-17(18)16-9-5-4-6-10-16/h3-12,15H,1,13-14H2,2H3,(H2,22,26)/t15-/m0/s1. The van der Waals surface area contributed by atoms with Crippen molar-refractivity contribution in [3.05, 3.63) is 73.1 Å². The maximum atomic E-state index is 11.4. The number of carbonyl (C=O) groups excluding carboxylic acids is 1. The zero-order valence-corrected chi connectivity index (χ0v) is 16.4. The summed E-state index contributed by atoms with van der Waals surface area (Å²) in [5.74, 6) is 1.02. The van der Waals surface area contributed by atoms with Gasteiger partial charge >= 0.3 is 0 Å². The molecule has 2 aromatic carbocycles. The fourth-order valence-corrected chi connectivity index (χ4v) is 3.46. The smallest absolute Gasteiger partial charge is 0.230 e. The van der Waals surface area contributed by atoms with Gasteiger partial charge in [0, 0.05) is 12.1 Å². The maximum Gasteiger partial charge on any atom is 0.230 e. The van der Waals surface area contributed by atoms with Crippen molar-refractivity contribution in [2.75, 3.05) is 0 Å². The van der Waals surface area contributed by atoms with E-state index in [-0.39, 0.29) is 6.61 Å². The van der Waals surface area contributed by atoms with Crippen LogP contribution >= 0.6 is 11.8 Å². The highest BCUT2D eigenvalue weighted by Crippen LogP contribution is 2.30. The molecule has 0 fully saturated rings. The van der Waals surface area contributed by atoms with Gasteiger partial charge in [-0.15, -0.1) is 16.8 Å². The Bertz CT molecular complexity index is 956. The largest absolute Gasteiger partial charge is 0.485 e. The molecule has 3 aromatic rings. The molecule has 0 spiro atoms. The summed E-state index contributed by atoms with van der Waals surface area (Å²) in [6.45, 7) is 6.29. The Morgan fingerprint density at radius 3 is 2.64 bits per heavy atom. The first-order chi connectivity index (χ1) is 13.6. The number of thioether (sulfide) groups is 1. The minimum atomic E-state index is -0.402. The van der Waals surface area contributed by atoms with Crippen molar-refractivity contribution in [3.8, 4) is 16.9 Å². The van der Waals surface area contributed by atoms with Crippen LogP contribution in [0.2, 0.25) is 0 Å². The molecule has 0 saturated carbocycles. The lowest BCUT2D eigenvalue weighted by Gasteiger charge is -2.13. The summed E-state index contributed by atoms with van der Waals surface area (Å²) in [5.41, 5.74) is 7.45. The number of nitrogens with zero attached hydrogens (tertiary/aromatic N) is 3. The molecule has 144 valence electrons. The molecule has 1 aromatic heterocycles. The van der Waals surface area contributed by atoms with Crippen LogP contribution < -0.4 is 10.5 Å². The Hall–Kier alpha value is -3.06. The number of hydrogen-bond donors (Lipinski definition) is 1. The SMILES string of the molecule is C=CCn1c(COc2ccccc2-c2ccccc2)nnc1S[C@@H](C)C(N)=O. The van der Waals surface area contributed by atoms with E-state index in [1.165, 1.54) is 11.8 Å². The van der Waals surface area contributed by atoms with Gasteiger partial charge in [-0.1, -0.05) is 66.4 Å². The van der Waals surface area contributed by atoms with Gasteiger partial charge in [0.1, 0.15) is 12.4 Å². The quantitative estimate of drug-likeness (QED) is 0.442. The number of ether oxygens (including phenoxy) is 1. The first-order valence-corrected chi connectivity index (χ1v) is 9.74. The highest BCUT2D eigenvalue weighted by Gasteiger charge is 2.18. The molecular formula is C21H22N4O2S. The summed E-state index contributed by atoms with van der Waals surface area (Å²) in [7, 11) is 0. The van der Waals surface area contributed by atoms with Crippen molar-refractivity contribution >= 4 is 17.7 Å². The van der Waals surface area contributed by atoms with Crippen molar-refractivity contribution in [2.24, 2.45) is 5.73 Å². The molecule has 2 N–H and O–H groups in total. The normalized spacial score (nSPS) is 11.8. The summed E-state index contributed by atoms with van der Waals surface area (Å²) in [6, 6.07) is 17.9. The van der Waals surface area contributed by atoms with Crippen LogP contribution in [0.5, 0.6) is 5.75 Å². The van der Waals surface area contributed by atoms with Crippen molar-refractivity contribution in [2.45, 2.75) is 30.5 Å². The first kappa shape index (κ1) is 19.7. The molecule has 1 heterocycles. The number of para-hydroxylation sites is 1. The van der Waals surface area contributed by atoms with E-state index in [9.17, 15) is 4.79 Å². The van der Waals surface area contributed by atoms with Gasteiger partial charge in [0.25, 0.3) is 0 Å². The highest BCUT2D eigenvalue weighted by atomic mass is 32.2. The Balaban J connectivity index is 1.81. The predicted molar refractivity (Wildman–Crippen MR) is 111 cm³/mol. The summed E-state index contributed by atoms with van der Waals surface area (Å²) in [5, 5.41) is 8.63. The average Bonchev–Trinajstić information content (AvgIpc) is 3.09. The second kappa shape index (κ2) is 9.23. The van der Waals surface area contributed by atoms with Gasteiger partial charge in [0.15, 0.2) is 11.0 Å². The second-order valence-electron chi connectivity index (χ2n) is 6.11. The molecule has 7 heteroatoms. The van der Waals surface area contributed by atoms with E-state index in [4.69, 9.17) is 10.5 Å². The fourth-order valence-electron chi connectivity index (χ4n) is 2.63. The summed E-state index contributed by atoms with van der Waals surface area (Å²) in [4.78, 5) is 11.4. The fraction of sp³-hybridized carbons (Fsp3) is 0.190. The van der Waals surface area contributed by atoms with Gasteiger partial charge in [0.2, 0.25) is 5.91 Å². The minimum absolute atomic E-state index is 0.246. The first-order valence-electron chi connectivity index (χ1n) is 8.86. The van der Waals surface area contributed by atoms with Crippen LogP contribution in [0.3, 0.4) is 0 Å². The third-order valence-corrected chi connectivity index (χ3v) is 5.22. The molecule has 1 amide bonds. The van der Waals surface area contributed by atoms with Crippen LogP contribution in [0.25, 0.3) is 11.1 Å². The molecule has 6 nitrogen and oxygen atoms in total. The zero-order valence-electron chi connectivity index (χ0n) is 15.6. The van der Waals surface area contributed by atoms with Gasteiger partial charge in [-0.05, 0) is 18.6 Å². The molecule has 0 saturated heterocycles. The maximum absolute atomic E-state index is 11.4. The van der Waals surface area contributed by atoms with Gasteiger partial charge < -0.3 is 10.5 Å². The van der Waals surface area contributed by atoms with E-state index in [2.05, 4.69) is 16.8 Å². The lowest BCUT2D eigenvalue weighted by atomic mass is 10.1. The number of allylic oxidation sites excluding steroid dienone is 1. The van der Waals surface area contributed by atoms with Crippen LogP contribution in [0.4, 0.5) is 0 Å². The second-order valence-corrected chi connectivity index (χ2v) is 7.42. The number of aromatic nitrogens is 3. The Labute approximate surface area is 168 Å². The molecule has 0 aliphatic rings. The highest BCUT2D eigenvalue weighted by molar-refractivity contribution is 8.00. The van der Waals surface area contributed by atoms with E-state index in [1.807, 2.05) is 59.2 Å². The van der Waals surface area contributed by atoms with Gasteiger partial charge in [0.05, 0.1) is 5.25 Å². The van der Waals surface area contributed by atoms with Crippen molar-refractivity contribution in [1.29, 1.82) is 0 Å². The lowest BCUT2D eigenvalue weighted by Crippen LogP contribution is -2.23. The molecule has 1 atom stereocenters. The van der Waals surface area contributed by atoms with Crippen LogP contribution in [-0.2, 0) is 17.9 Å². The van der Waals surface area contributed by atoms with Gasteiger partial charge in [-0.25, -0.2) is 0 Å². The lowest BCUT2D eigenvalue weighted by molar-refractivity contribution is -0.117. The van der Waals surface area contributed by atoms with Crippen molar-refractivity contribution < 1.29 is 9.53 Å². The Kier molecular flexibility index (Phi) is 6.49. The molecule has 28 heavy (non-hydrogen) atoms. The van der Waals surface area contributed by atoms with E-state index in [0.29, 0.717) is 17.5 Å².